The molecule has 3 nitrogen and oxygen atoms in total. The molecule has 1 aliphatic rings. The summed E-state index contributed by atoms with van der Waals surface area (Å²) in [5.41, 5.74) is 0. The van der Waals surface area contributed by atoms with Crippen molar-refractivity contribution in [2.75, 3.05) is 19.8 Å². The molecule has 0 saturated carbocycles. The average molecular weight is 216 g/mol. The van der Waals surface area contributed by atoms with Gasteiger partial charge in [0.15, 0.2) is 6.29 Å². The lowest BCUT2D eigenvalue weighted by Crippen LogP contribution is -2.37. The van der Waals surface area contributed by atoms with Crippen molar-refractivity contribution in [1.82, 2.24) is 0 Å². The Morgan fingerprint density at radius 3 is 2.40 bits per heavy atom. The Hall–Kier alpha value is -0.120. The zero-order chi connectivity index (χ0) is 10.9. The van der Waals surface area contributed by atoms with Crippen LogP contribution < -0.4 is 0 Å². The molecule has 90 valence electrons. The van der Waals surface area contributed by atoms with Crippen LogP contribution in [0.2, 0.25) is 0 Å². The van der Waals surface area contributed by atoms with Gasteiger partial charge >= 0.3 is 0 Å². The van der Waals surface area contributed by atoms with Gasteiger partial charge in [0, 0.05) is 6.61 Å². The van der Waals surface area contributed by atoms with Crippen molar-refractivity contribution in [1.29, 1.82) is 0 Å². The van der Waals surface area contributed by atoms with Gasteiger partial charge < -0.3 is 14.2 Å². The van der Waals surface area contributed by atoms with E-state index in [1.807, 2.05) is 6.92 Å². The SMILES string of the molecule is CCCCCCC1OCC(OCC)CO1. The highest BCUT2D eigenvalue weighted by Crippen LogP contribution is 2.14. The van der Waals surface area contributed by atoms with E-state index in [0.717, 1.165) is 13.0 Å². The molecule has 0 bridgehead atoms. The van der Waals surface area contributed by atoms with Crippen molar-refractivity contribution < 1.29 is 14.2 Å². The number of hydrogen-bond donors (Lipinski definition) is 0. The standard InChI is InChI=1S/C12H24O3/c1-3-5-6-7-8-12-14-9-11(10-15-12)13-4-2/h11-12H,3-10H2,1-2H3. The second kappa shape index (κ2) is 8.08. The smallest absolute Gasteiger partial charge is 0.157 e. The fourth-order valence-corrected chi connectivity index (χ4v) is 1.76. The zero-order valence-electron chi connectivity index (χ0n) is 10.0. The maximum absolute atomic E-state index is 5.58. The minimum atomic E-state index is 0.0126. The second-order valence-corrected chi connectivity index (χ2v) is 4.02. The summed E-state index contributed by atoms with van der Waals surface area (Å²) in [4.78, 5) is 0. The van der Waals surface area contributed by atoms with Crippen molar-refractivity contribution in [3.8, 4) is 0 Å². The summed E-state index contributed by atoms with van der Waals surface area (Å²) >= 11 is 0. The van der Waals surface area contributed by atoms with Crippen molar-refractivity contribution in [2.45, 2.75) is 58.3 Å². The molecule has 1 saturated heterocycles. The molecule has 0 amide bonds. The van der Waals surface area contributed by atoms with E-state index in [1.54, 1.807) is 0 Å². The van der Waals surface area contributed by atoms with E-state index in [4.69, 9.17) is 14.2 Å². The molecular formula is C12H24O3. The van der Waals surface area contributed by atoms with Gasteiger partial charge in [-0.25, -0.2) is 0 Å². The molecule has 0 aromatic heterocycles. The topological polar surface area (TPSA) is 27.7 Å². The van der Waals surface area contributed by atoms with Crippen LogP contribution in [0, 0.1) is 0 Å². The average Bonchev–Trinajstić information content (AvgIpc) is 2.27. The van der Waals surface area contributed by atoms with E-state index in [2.05, 4.69) is 6.92 Å². The molecule has 1 heterocycles. The lowest BCUT2D eigenvalue weighted by Gasteiger charge is -2.29. The van der Waals surface area contributed by atoms with Crippen LogP contribution in [0.5, 0.6) is 0 Å². The Balaban J connectivity index is 1.99. The van der Waals surface area contributed by atoms with Crippen LogP contribution in [0.15, 0.2) is 0 Å². The van der Waals surface area contributed by atoms with Crippen LogP contribution in [0.1, 0.15) is 46.0 Å². The van der Waals surface area contributed by atoms with Gasteiger partial charge in [0.1, 0.15) is 6.10 Å². The van der Waals surface area contributed by atoms with Gasteiger partial charge in [-0.05, 0) is 19.8 Å². The van der Waals surface area contributed by atoms with Gasteiger partial charge in [0.05, 0.1) is 13.2 Å². The lowest BCUT2D eigenvalue weighted by atomic mass is 10.1. The van der Waals surface area contributed by atoms with Crippen LogP contribution in [-0.4, -0.2) is 32.2 Å². The van der Waals surface area contributed by atoms with Gasteiger partial charge in [-0.15, -0.1) is 0 Å². The molecule has 0 radical (unpaired) electrons. The quantitative estimate of drug-likeness (QED) is 0.612. The fourth-order valence-electron chi connectivity index (χ4n) is 1.76. The maximum atomic E-state index is 5.58. The highest BCUT2D eigenvalue weighted by atomic mass is 16.7. The van der Waals surface area contributed by atoms with Crippen molar-refractivity contribution in [3.05, 3.63) is 0 Å². The van der Waals surface area contributed by atoms with Gasteiger partial charge in [-0.3, -0.25) is 0 Å². The molecule has 0 aromatic rings. The summed E-state index contributed by atoms with van der Waals surface area (Å²) in [6.07, 6.45) is 6.26. The number of ether oxygens (including phenoxy) is 3. The molecule has 0 atom stereocenters. The van der Waals surface area contributed by atoms with Crippen LogP contribution in [0.4, 0.5) is 0 Å². The third-order valence-electron chi connectivity index (χ3n) is 2.63. The van der Waals surface area contributed by atoms with E-state index in [1.165, 1.54) is 25.7 Å². The largest absolute Gasteiger partial charge is 0.374 e. The highest BCUT2D eigenvalue weighted by molar-refractivity contribution is 4.62. The van der Waals surface area contributed by atoms with Crippen LogP contribution in [0.25, 0.3) is 0 Å². The first-order chi connectivity index (χ1) is 7.36. The third kappa shape index (κ3) is 5.50. The maximum Gasteiger partial charge on any atom is 0.157 e. The molecular weight excluding hydrogens is 192 g/mol. The minimum absolute atomic E-state index is 0.0126. The van der Waals surface area contributed by atoms with Crippen molar-refractivity contribution in [3.63, 3.8) is 0 Å². The predicted octanol–water partition coefficient (Wildman–Crippen LogP) is 2.73. The first-order valence-corrected chi connectivity index (χ1v) is 6.21. The van der Waals surface area contributed by atoms with Crippen LogP contribution >= 0.6 is 0 Å². The monoisotopic (exact) mass is 216 g/mol. The fraction of sp³-hybridized carbons (Fsp3) is 1.00. The van der Waals surface area contributed by atoms with Gasteiger partial charge in [0.25, 0.3) is 0 Å². The number of unbranched alkanes of at least 4 members (excludes halogenated alkanes) is 3. The van der Waals surface area contributed by atoms with E-state index < -0.39 is 0 Å². The number of hydrogen-bond acceptors (Lipinski definition) is 3. The van der Waals surface area contributed by atoms with Crippen LogP contribution in [0.3, 0.4) is 0 Å². The summed E-state index contributed by atoms with van der Waals surface area (Å²) in [5.74, 6) is 0. The van der Waals surface area contributed by atoms with Gasteiger partial charge in [-0.2, -0.15) is 0 Å². The third-order valence-corrected chi connectivity index (χ3v) is 2.63. The van der Waals surface area contributed by atoms with E-state index in [-0.39, 0.29) is 12.4 Å². The van der Waals surface area contributed by atoms with Crippen molar-refractivity contribution in [2.24, 2.45) is 0 Å². The first kappa shape index (κ1) is 12.9. The predicted molar refractivity (Wildman–Crippen MR) is 59.9 cm³/mol. The van der Waals surface area contributed by atoms with E-state index >= 15 is 0 Å². The minimum Gasteiger partial charge on any atom is -0.374 e. The van der Waals surface area contributed by atoms with E-state index in [0.29, 0.717) is 13.2 Å². The summed E-state index contributed by atoms with van der Waals surface area (Å²) in [6.45, 7) is 6.33. The number of rotatable bonds is 7. The van der Waals surface area contributed by atoms with Gasteiger partial charge in [-0.1, -0.05) is 26.2 Å². The zero-order valence-corrected chi connectivity index (χ0v) is 10.0. The molecule has 0 aliphatic carbocycles. The van der Waals surface area contributed by atoms with Crippen LogP contribution in [-0.2, 0) is 14.2 Å². The highest BCUT2D eigenvalue weighted by Gasteiger charge is 2.21. The molecule has 3 heteroatoms. The Morgan fingerprint density at radius 1 is 1.07 bits per heavy atom. The summed E-state index contributed by atoms with van der Waals surface area (Å²) in [7, 11) is 0. The lowest BCUT2D eigenvalue weighted by molar-refractivity contribution is -0.227. The Morgan fingerprint density at radius 2 is 1.80 bits per heavy atom. The molecule has 0 N–H and O–H groups in total. The Bertz CT molecular complexity index is 139. The summed E-state index contributed by atoms with van der Waals surface area (Å²) < 4.78 is 16.6. The molecule has 1 rings (SSSR count). The molecule has 0 aromatic carbocycles. The van der Waals surface area contributed by atoms with Crippen molar-refractivity contribution >= 4 is 0 Å². The summed E-state index contributed by atoms with van der Waals surface area (Å²) in [5, 5.41) is 0. The first-order valence-electron chi connectivity index (χ1n) is 6.21. The molecule has 0 spiro atoms. The normalized spacial score (nSPS) is 26.8. The van der Waals surface area contributed by atoms with E-state index in [9.17, 15) is 0 Å². The molecule has 1 fully saturated rings. The second-order valence-electron chi connectivity index (χ2n) is 4.02. The molecule has 1 aliphatic heterocycles. The Labute approximate surface area is 93.1 Å². The Kier molecular flexibility index (Phi) is 6.98. The summed E-state index contributed by atoms with van der Waals surface area (Å²) in [6, 6.07) is 0. The molecule has 0 unspecified atom stereocenters. The molecule has 15 heavy (non-hydrogen) atoms. The van der Waals surface area contributed by atoms with Gasteiger partial charge in [0.2, 0.25) is 0 Å².